The summed E-state index contributed by atoms with van der Waals surface area (Å²) in [5.41, 5.74) is 5.15. The summed E-state index contributed by atoms with van der Waals surface area (Å²) in [6.45, 7) is 8.59. The molecular formula is C29H33ClN4O3. The third kappa shape index (κ3) is 6.86. The second kappa shape index (κ2) is 11.3. The smallest absolute Gasteiger partial charge is 0.407 e. The fourth-order valence-electron chi connectivity index (χ4n) is 4.50. The van der Waals surface area contributed by atoms with Crippen LogP contribution in [0.3, 0.4) is 0 Å². The standard InChI is InChI=1S/C29H33ClN4O3/c1-19-5-14-24-25(19)26(33-18-32-24)21-8-10-22(11-9-21)27(35)34(17-20-6-12-23(30)13-7-20)16-15-31-28(36)37-29(2,3)4/h6-13,18-19H,5,14-17H2,1-4H3,(H,31,36). The zero-order valence-corrected chi connectivity index (χ0v) is 22.5. The van der Waals surface area contributed by atoms with Crippen LogP contribution in [0.4, 0.5) is 4.79 Å². The van der Waals surface area contributed by atoms with Crippen molar-refractivity contribution in [3.8, 4) is 11.3 Å². The number of carbonyl (C=O) groups excluding carboxylic acids is 2. The van der Waals surface area contributed by atoms with Gasteiger partial charge in [0, 0.05) is 47.0 Å². The van der Waals surface area contributed by atoms with E-state index in [4.69, 9.17) is 16.3 Å². The third-order valence-electron chi connectivity index (χ3n) is 6.30. The molecule has 0 saturated carbocycles. The molecule has 2 amide bonds. The minimum absolute atomic E-state index is 0.131. The molecule has 3 aromatic rings. The summed E-state index contributed by atoms with van der Waals surface area (Å²) >= 11 is 6.04. The first-order chi connectivity index (χ1) is 17.6. The molecule has 0 spiro atoms. The van der Waals surface area contributed by atoms with Crippen LogP contribution in [0.5, 0.6) is 0 Å². The van der Waals surface area contributed by atoms with E-state index >= 15 is 0 Å². The highest BCUT2D eigenvalue weighted by atomic mass is 35.5. The summed E-state index contributed by atoms with van der Waals surface area (Å²) in [6.07, 6.45) is 3.16. The van der Waals surface area contributed by atoms with Gasteiger partial charge in [0.2, 0.25) is 0 Å². The van der Waals surface area contributed by atoms with Crippen LogP contribution in [-0.4, -0.2) is 45.6 Å². The molecule has 1 unspecified atom stereocenters. The summed E-state index contributed by atoms with van der Waals surface area (Å²) in [5.74, 6) is 0.286. The van der Waals surface area contributed by atoms with Crippen molar-refractivity contribution in [3.63, 3.8) is 0 Å². The predicted octanol–water partition coefficient (Wildman–Crippen LogP) is 6.01. The van der Waals surface area contributed by atoms with Crippen LogP contribution >= 0.6 is 11.6 Å². The van der Waals surface area contributed by atoms with E-state index in [1.807, 2.05) is 57.2 Å². The van der Waals surface area contributed by atoms with Gasteiger partial charge in [0.1, 0.15) is 11.9 Å². The highest BCUT2D eigenvalue weighted by Gasteiger charge is 2.25. The number of nitrogens with zero attached hydrogens (tertiary/aromatic N) is 3. The van der Waals surface area contributed by atoms with Gasteiger partial charge in [-0.25, -0.2) is 14.8 Å². The molecule has 1 aliphatic carbocycles. The first-order valence-electron chi connectivity index (χ1n) is 12.6. The maximum Gasteiger partial charge on any atom is 0.407 e. The van der Waals surface area contributed by atoms with Crippen molar-refractivity contribution in [1.82, 2.24) is 20.2 Å². The maximum absolute atomic E-state index is 13.5. The van der Waals surface area contributed by atoms with Crippen LogP contribution in [0.25, 0.3) is 11.3 Å². The normalized spacial score (nSPS) is 14.7. The lowest BCUT2D eigenvalue weighted by molar-refractivity contribution is 0.0512. The zero-order valence-electron chi connectivity index (χ0n) is 21.8. The molecule has 0 radical (unpaired) electrons. The molecule has 194 valence electrons. The molecular weight excluding hydrogens is 488 g/mol. The highest BCUT2D eigenvalue weighted by Crippen LogP contribution is 2.37. The lowest BCUT2D eigenvalue weighted by Gasteiger charge is -2.24. The molecule has 1 atom stereocenters. The number of hydrogen-bond donors (Lipinski definition) is 1. The van der Waals surface area contributed by atoms with Crippen molar-refractivity contribution in [2.75, 3.05) is 13.1 Å². The fourth-order valence-corrected chi connectivity index (χ4v) is 4.63. The Morgan fingerprint density at radius 1 is 1.08 bits per heavy atom. The molecule has 0 bridgehead atoms. The van der Waals surface area contributed by atoms with E-state index in [0.717, 1.165) is 35.4 Å². The molecule has 37 heavy (non-hydrogen) atoms. The molecule has 1 heterocycles. The SMILES string of the molecule is CC1CCc2ncnc(-c3ccc(C(=O)N(CCNC(=O)OC(C)(C)C)Cc4ccc(Cl)cc4)cc3)c21. The van der Waals surface area contributed by atoms with Crippen molar-refractivity contribution >= 4 is 23.6 Å². The number of benzene rings is 2. The number of aromatic nitrogens is 2. The Bertz CT molecular complexity index is 1250. The zero-order chi connectivity index (χ0) is 26.6. The second-order valence-corrected chi connectivity index (χ2v) is 10.8. The summed E-state index contributed by atoms with van der Waals surface area (Å²) < 4.78 is 5.31. The molecule has 4 rings (SSSR count). The minimum Gasteiger partial charge on any atom is -0.444 e. The van der Waals surface area contributed by atoms with E-state index in [2.05, 4.69) is 22.2 Å². The average Bonchev–Trinajstić information content (AvgIpc) is 3.24. The van der Waals surface area contributed by atoms with E-state index in [0.29, 0.717) is 29.6 Å². The van der Waals surface area contributed by atoms with E-state index in [1.165, 1.54) is 5.56 Å². The molecule has 2 aromatic carbocycles. The van der Waals surface area contributed by atoms with Crippen LogP contribution in [0.15, 0.2) is 54.9 Å². The van der Waals surface area contributed by atoms with Gasteiger partial charge in [-0.15, -0.1) is 0 Å². The number of nitrogens with one attached hydrogen (secondary N) is 1. The number of rotatable bonds is 7. The number of alkyl carbamates (subject to hydrolysis) is 1. The van der Waals surface area contributed by atoms with E-state index in [-0.39, 0.29) is 12.5 Å². The molecule has 0 saturated heterocycles. The number of aryl methyl sites for hydroxylation is 1. The van der Waals surface area contributed by atoms with E-state index in [1.54, 1.807) is 23.4 Å². The number of fused-ring (bicyclic) bond motifs is 1. The van der Waals surface area contributed by atoms with Gasteiger partial charge < -0.3 is 15.0 Å². The van der Waals surface area contributed by atoms with E-state index in [9.17, 15) is 9.59 Å². The molecule has 7 nitrogen and oxygen atoms in total. The molecule has 1 N–H and O–H groups in total. The van der Waals surface area contributed by atoms with Crippen LogP contribution in [0.1, 0.15) is 67.2 Å². The van der Waals surface area contributed by atoms with Crippen LogP contribution < -0.4 is 5.32 Å². The van der Waals surface area contributed by atoms with Gasteiger partial charge in [0.25, 0.3) is 5.91 Å². The molecule has 1 aliphatic rings. The van der Waals surface area contributed by atoms with Crippen LogP contribution in [0.2, 0.25) is 5.02 Å². The molecule has 0 aliphatic heterocycles. The fraction of sp³-hybridized carbons (Fsp3) is 0.379. The van der Waals surface area contributed by atoms with Crippen LogP contribution in [-0.2, 0) is 17.7 Å². The number of ether oxygens (including phenoxy) is 1. The summed E-state index contributed by atoms with van der Waals surface area (Å²) in [6, 6.07) is 14.9. The Kier molecular flexibility index (Phi) is 8.13. The number of halogens is 1. The van der Waals surface area contributed by atoms with Crippen molar-refractivity contribution in [3.05, 3.63) is 82.3 Å². The van der Waals surface area contributed by atoms with Gasteiger partial charge in [-0.2, -0.15) is 0 Å². The highest BCUT2D eigenvalue weighted by molar-refractivity contribution is 6.30. The summed E-state index contributed by atoms with van der Waals surface area (Å²) in [5, 5.41) is 3.37. The Morgan fingerprint density at radius 2 is 1.78 bits per heavy atom. The lowest BCUT2D eigenvalue weighted by Crippen LogP contribution is -2.40. The predicted molar refractivity (Wildman–Crippen MR) is 145 cm³/mol. The van der Waals surface area contributed by atoms with Gasteiger partial charge in [0.05, 0.1) is 5.69 Å². The van der Waals surface area contributed by atoms with Gasteiger partial charge in [-0.3, -0.25) is 4.79 Å². The first kappa shape index (κ1) is 26.6. The molecule has 1 aromatic heterocycles. The Labute approximate surface area is 223 Å². The maximum atomic E-state index is 13.5. The topological polar surface area (TPSA) is 84.4 Å². The Morgan fingerprint density at radius 3 is 2.46 bits per heavy atom. The quantitative estimate of drug-likeness (QED) is 0.412. The number of amides is 2. The van der Waals surface area contributed by atoms with Crippen LogP contribution in [0, 0.1) is 0 Å². The van der Waals surface area contributed by atoms with Gasteiger partial charge >= 0.3 is 6.09 Å². The number of carbonyl (C=O) groups is 2. The average molecular weight is 521 g/mol. The Balaban J connectivity index is 1.50. The van der Waals surface area contributed by atoms with E-state index < -0.39 is 11.7 Å². The third-order valence-corrected chi connectivity index (χ3v) is 6.55. The largest absolute Gasteiger partial charge is 0.444 e. The minimum atomic E-state index is -0.591. The van der Waals surface area contributed by atoms with Crippen molar-refractivity contribution < 1.29 is 14.3 Å². The number of hydrogen-bond acceptors (Lipinski definition) is 5. The van der Waals surface area contributed by atoms with Gasteiger partial charge in [-0.05, 0) is 69.4 Å². The second-order valence-electron chi connectivity index (χ2n) is 10.4. The lowest BCUT2D eigenvalue weighted by atomic mass is 9.98. The monoisotopic (exact) mass is 520 g/mol. The van der Waals surface area contributed by atoms with Gasteiger partial charge in [-0.1, -0.05) is 42.8 Å². The van der Waals surface area contributed by atoms with Gasteiger partial charge in [0.15, 0.2) is 0 Å². The van der Waals surface area contributed by atoms with Crippen molar-refractivity contribution in [2.24, 2.45) is 0 Å². The first-order valence-corrected chi connectivity index (χ1v) is 12.9. The molecule has 0 fully saturated rings. The van der Waals surface area contributed by atoms with Crippen molar-refractivity contribution in [2.45, 2.75) is 58.6 Å². The van der Waals surface area contributed by atoms with Crippen molar-refractivity contribution in [1.29, 1.82) is 0 Å². The summed E-state index contributed by atoms with van der Waals surface area (Å²) in [7, 11) is 0. The Hall–Kier alpha value is -3.45. The molecule has 8 heteroatoms. The summed E-state index contributed by atoms with van der Waals surface area (Å²) in [4.78, 5) is 36.3.